The standard InChI is InChI=1S/C22H23N3O3/c1-15-23-19-7-4-3-6-18(19)22(27)25(15)14-21(26)24-13-5-8-20(24)16-9-11-17(28-2)12-10-16/h3-4,6-7,9-12,20H,5,8,13-14H2,1-2H3/t20-/m0/s1. The summed E-state index contributed by atoms with van der Waals surface area (Å²) in [7, 11) is 1.64. The summed E-state index contributed by atoms with van der Waals surface area (Å²) in [5.74, 6) is 1.29. The van der Waals surface area contributed by atoms with Crippen LogP contribution < -0.4 is 10.3 Å². The largest absolute Gasteiger partial charge is 0.497 e. The fourth-order valence-electron chi connectivity index (χ4n) is 3.93. The lowest BCUT2D eigenvalue weighted by Crippen LogP contribution is -2.37. The number of carbonyl (C=O) groups excluding carboxylic acids is 1. The predicted molar refractivity (Wildman–Crippen MR) is 107 cm³/mol. The third-order valence-electron chi connectivity index (χ3n) is 5.42. The third kappa shape index (κ3) is 3.26. The third-order valence-corrected chi connectivity index (χ3v) is 5.42. The minimum atomic E-state index is -0.170. The van der Waals surface area contributed by atoms with Crippen molar-refractivity contribution in [1.29, 1.82) is 0 Å². The van der Waals surface area contributed by atoms with Crippen molar-refractivity contribution < 1.29 is 9.53 Å². The molecule has 0 spiro atoms. The number of hydrogen-bond acceptors (Lipinski definition) is 4. The number of rotatable bonds is 4. The zero-order valence-corrected chi connectivity index (χ0v) is 16.1. The lowest BCUT2D eigenvalue weighted by atomic mass is 10.0. The lowest BCUT2D eigenvalue weighted by molar-refractivity contribution is -0.132. The topological polar surface area (TPSA) is 64.4 Å². The molecular formula is C22H23N3O3. The molecule has 1 atom stereocenters. The van der Waals surface area contributed by atoms with Crippen molar-refractivity contribution in [3.8, 4) is 5.75 Å². The molecule has 1 saturated heterocycles. The molecule has 0 aliphatic carbocycles. The van der Waals surface area contributed by atoms with Gasteiger partial charge in [0.25, 0.3) is 5.56 Å². The summed E-state index contributed by atoms with van der Waals surface area (Å²) in [6.07, 6.45) is 1.87. The smallest absolute Gasteiger partial charge is 0.261 e. The maximum atomic E-state index is 13.1. The van der Waals surface area contributed by atoms with Crippen LogP contribution in [0, 0.1) is 6.92 Å². The van der Waals surface area contributed by atoms with Crippen LogP contribution in [0.25, 0.3) is 10.9 Å². The van der Waals surface area contributed by atoms with Crippen LogP contribution in [-0.2, 0) is 11.3 Å². The summed E-state index contributed by atoms with van der Waals surface area (Å²) in [5, 5.41) is 0.536. The van der Waals surface area contributed by atoms with Gasteiger partial charge < -0.3 is 9.64 Å². The molecule has 2 aromatic carbocycles. The van der Waals surface area contributed by atoms with E-state index < -0.39 is 0 Å². The Morgan fingerprint density at radius 1 is 1.18 bits per heavy atom. The van der Waals surface area contributed by atoms with Crippen molar-refractivity contribution in [2.75, 3.05) is 13.7 Å². The number of para-hydroxylation sites is 1. The molecule has 6 nitrogen and oxygen atoms in total. The van der Waals surface area contributed by atoms with E-state index in [1.165, 1.54) is 4.57 Å². The molecule has 0 radical (unpaired) electrons. The van der Waals surface area contributed by atoms with Crippen molar-refractivity contribution in [2.24, 2.45) is 0 Å². The molecular weight excluding hydrogens is 354 g/mol. The number of carbonyl (C=O) groups is 1. The summed E-state index contributed by atoms with van der Waals surface area (Å²) in [5.41, 5.74) is 1.58. The van der Waals surface area contributed by atoms with Gasteiger partial charge in [0.15, 0.2) is 0 Å². The average molecular weight is 377 g/mol. The van der Waals surface area contributed by atoms with Crippen LogP contribution in [0.2, 0.25) is 0 Å². The molecule has 1 aliphatic heterocycles. The zero-order valence-electron chi connectivity index (χ0n) is 16.1. The molecule has 0 bridgehead atoms. The normalized spacial score (nSPS) is 16.5. The molecule has 0 unspecified atom stereocenters. The van der Waals surface area contributed by atoms with Crippen molar-refractivity contribution in [3.05, 3.63) is 70.3 Å². The fourth-order valence-corrected chi connectivity index (χ4v) is 3.93. The van der Waals surface area contributed by atoms with Gasteiger partial charge in [-0.1, -0.05) is 24.3 Å². The SMILES string of the molecule is COc1ccc([C@@H]2CCCN2C(=O)Cn2c(C)nc3ccccc3c2=O)cc1. The van der Waals surface area contributed by atoms with Crippen LogP contribution in [0.3, 0.4) is 0 Å². The first-order chi connectivity index (χ1) is 13.6. The first kappa shape index (κ1) is 18.2. The Morgan fingerprint density at radius 2 is 1.93 bits per heavy atom. The number of fused-ring (bicyclic) bond motifs is 1. The Labute approximate surface area is 163 Å². The number of aryl methyl sites for hydroxylation is 1. The van der Waals surface area contributed by atoms with Crippen LogP contribution >= 0.6 is 0 Å². The molecule has 28 heavy (non-hydrogen) atoms. The van der Waals surface area contributed by atoms with E-state index in [0.29, 0.717) is 23.3 Å². The molecule has 144 valence electrons. The summed E-state index contributed by atoms with van der Waals surface area (Å²) in [6, 6.07) is 15.1. The number of likely N-dealkylation sites (tertiary alicyclic amines) is 1. The molecule has 4 rings (SSSR count). The second-order valence-electron chi connectivity index (χ2n) is 7.09. The molecule has 1 amide bonds. The van der Waals surface area contributed by atoms with Crippen LogP contribution in [-0.4, -0.2) is 34.0 Å². The Balaban J connectivity index is 1.61. The highest BCUT2D eigenvalue weighted by Crippen LogP contribution is 2.33. The zero-order chi connectivity index (χ0) is 19.7. The number of nitrogens with zero attached hydrogens (tertiary/aromatic N) is 3. The second kappa shape index (κ2) is 7.46. The number of methoxy groups -OCH3 is 1. The van der Waals surface area contributed by atoms with Crippen molar-refractivity contribution >= 4 is 16.8 Å². The van der Waals surface area contributed by atoms with Gasteiger partial charge in [0.05, 0.1) is 24.1 Å². The lowest BCUT2D eigenvalue weighted by Gasteiger charge is -2.26. The van der Waals surface area contributed by atoms with E-state index in [-0.39, 0.29) is 24.1 Å². The van der Waals surface area contributed by atoms with Gasteiger partial charge in [-0.15, -0.1) is 0 Å². The molecule has 6 heteroatoms. The van der Waals surface area contributed by atoms with Gasteiger partial charge in [0.1, 0.15) is 18.1 Å². The van der Waals surface area contributed by atoms with E-state index in [4.69, 9.17) is 4.74 Å². The maximum absolute atomic E-state index is 13.1. The Kier molecular flexibility index (Phi) is 4.86. The number of aromatic nitrogens is 2. The van der Waals surface area contributed by atoms with E-state index in [1.807, 2.05) is 47.4 Å². The summed E-state index contributed by atoms with van der Waals surface area (Å²) in [4.78, 5) is 32.3. The Bertz CT molecular complexity index is 1070. The number of ether oxygens (including phenoxy) is 1. The van der Waals surface area contributed by atoms with Gasteiger partial charge in [0.2, 0.25) is 5.91 Å². The van der Waals surface area contributed by atoms with Gasteiger partial charge in [-0.2, -0.15) is 0 Å². The molecule has 1 fully saturated rings. The van der Waals surface area contributed by atoms with Gasteiger partial charge >= 0.3 is 0 Å². The van der Waals surface area contributed by atoms with Gasteiger partial charge in [0, 0.05) is 6.54 Å². The van der Waals surface area contributed by atoms with Gasteiger partial charge in [-0.05, 0) is 49.6 Å². The van der Waals surface area contributed by atoms with E-state index in [1.54, 1.807) is 20.1 Å². The number of hydrogen-bond donors (Lipinski definition) is 0. The van der Waals surface area contributed by atoms with E-state index in [0.717, 1.165) is 24.2 Å². The average Bonchev–Trinajstić information content (AvgIpc) is 3.21. The second-order valence-corrected chi connectivity index (χ2v) is 7.09. The quantitative estimate of drug-likeness (QED) is 0.701. The number of benzene rings is 2. The van der Waals surface area contributed by atoms with Crippen molar-refractivity contribution in [2.45, 2.75) is 32.4 Å². The van der Waals surface area contributed by atoms with Crippen LogP contribution in [0.15, 0.2) is 53.3 Å². The van der Waals surface area contributed by atoms with Crippen LogP contribution in [0.5, 0.6) is 5.75 Å². The molecule has 2 heterocycles. The molecule has 0 saturated carbocycles. The first-order valence-corrected chi connectivity index (χ1v) is 9.48. The van der Waals surface area contributed by atoms with E-state index in [2.05, 4.69) is 4.98 Å². The molecule has 3 aromatic rings. The Hall–Kier alpha value is -3.15. The highest BCUT2D eigenvalue weighted by molar-refractivity contribution is 5.79. The van der Waals surface area contributed by atoms with Crippen LogP contribution in [0.1, 0.15) is 30.3 Å². The summed E-state index contributed by atoms with van der Waals surface area (Å²) >= 11 is 0. The highest BCUT2D eigenvalue weighted by Gasteiger charge is 2.30. The van der Waals surface area contributed by atoms with E-state index >= 15 is 0 Å². The fraction of sp³-hybridized carbons (Fsp3) is 0.318. The highest BCUT2D eigenvalue weighted by atomic mass is 16.5. The van der Waals surface area contributed by atoms with Crippen molar-refractivity contribution in [1.82, 2.24) is 14.5 Å². The van der Waals surface area contributed by atoms with Crippen molar-refractivity contribution in [3.63, 3.8) is 0 Å². The first-order valence-electron chi connectivity index (χ1n) is 9.48. The molecule has 1 aliphatic rings. The van der Waals surface area contributed by atoms with Gasteiger partial charge in [-0.3, -0.25) is 14.2 Å². The monoisotopic (exact) mass is 377 g/mol. The molecule has 0 N–H and O–H groups in total. The summed E-state index contributed by atoms with van der Waals surface area (Å²) < 4.78 is 6.70. The maximum Gasteiger partial charge on any atom is 0.261 e. The Morgan fingerprint density at radius 3 is 2.68 bits per heavy atom. The minimum Gasteiger partial charge on any atom is -0.497 e. The van der Waals surface area contributed by atoms with Gasteiger partial charge in [-0.25, -0.2) is 4.98 Å². The predicted octanol–water partition coefficient (Wildman–Crippen LogP) is 3.08. The number of amides is 1. The minimum absolute atomic E-state index is 0.00908. The van der Waals surface area contributed by atoms with E-state index in [9.17, 15) is 9.59 Å². The molecule has 1 aromatic heterocycles. The summed E-state index contributed by atoms with van der Waals surface area (Å²) in [6.45, 7) is 2.48. The van der Waals surface area contributed by atoms with Crippen LogP contribution in [0.4, 0.5) is 0 Å².